The highest BCUT2D eigenvalue weighted by molar-refractivity contribution is 14.1. The third kappa shape index (κ3) is 5.66. The zero-order chi connectivity index (χ0) is 23.6. The van der Waals surface area contributed by atoms with Crippen LogP contribution in [0.25, 0.3) is 6.08 Å². The van der Waals surface area contributed by atoms with Gasteiger partial charge in [-0.3, -0.25) is 14.5 Å². The third-order valence-electron chi connectivity index (χ3n) is 4.80. The number of carbonyl (C=O) groups excluding carboxylic acids is 2. The largest absolute Gasteiger partial charge is 0.379 e. The Morgan fingerprint density at radius 2 is 1.70 bits per heavy atom. The third-order valence-corrected chi connectivity index (χ3v) is 7.69. The second-order valence-corrected chi connectivity index (χ2v) is 11.1. The van der Waals surface area contributed by atoms with E-state index in [-0.39, 0.29) is 33.2 Å². The van der Waals surface area contributed by atoms with Crippen LogP contribution in [0.2, 0.25) is 0 Å². The SMILES string of the molecule is Cc1ccc(S(=O)(=O)Oc2cccc(/C=C3\SC(=O)N(Cc4ccc(I)cc4)C3=O)c2)cc1. The van der Waals surface area contributed by atoms with Crippen molar-refractivity contribution in [2.75, 3.05) is 0 Å². The van der Waals surface area contributed by atoms with Crippen LogP contribution in [0.1, 0.15) is 16.7 Å². The Morgan fingerprint density at radius 3 is 2.39 bits per heavy atom. The summed E-state index contributed by atoms with van der Waals surface area (Å²) < 4.78 is 31.4. The minimum atomic E-state index is -4.00. The van der Waals surface area contributed by atoms with Gasteiger partial charge in [0.25, 0.3) is 11.1 Å². The number of nitrogens with zero attached hydrogens (tertiary/aromatic N) is 1. The Labute approximate surface area is 209 Å². The summed E-state index contributed by atoms with van der Waals surface area (Å²) in [4.78, 5) is 26.7. The monoisotopic (exact) mass is 591 g/mol. The molecule has 0 bridgehead atoms. The van der Waals surface area contributed by atoms with E-state index in [4.69, 9.17) is 4.18 Å². The maximum Gasteiger partial charge on any atom is 0.339 e. The standard InChI is InChI=1S/C24H18INO5S2/c1-16-5-11-21(12-6-16)33(29,30)31-20-4-2-3-18(13-20)14-22-23(27)26(24(28)32-22)15-17-7-9-19(25)10-8-17/h2-14H,15H2,1H3/b22-14-. The minimum absolute atomic E-state index is 0.0511. The first kappa shape index (κ1) is 23.5. The predicted octanol–water partition coefficient (Wildman–Crippen LogP) is 5.60. The van der Waals surface area contributed by atoms with E-state index in [9.17, 15) is 18.0 Å². The second-order valence-electron chi connectivity index (χ2n) is 7.32. The van der Waals surface area contributed by atoms with Crippen LogP contribution in [0.5, 0.6) is 5.75 Å². The van der Waals surface area contributed by atoms with E-state index in [1.165, 1.54) is 29.2 Å². The van der Waals surface area contributed by atoms with E-state index < -0.39 is 10.1 Å². The van der Waals surface area contributed by atoms with Gasteiger partial charge in [0.1, 0.15) is 10.6 Å². The number of amides is 2. The normalized spacial score (nSPS) is 15.3. The highest BCUT2D eigenvalue weighted by Gasteiger charge is 2.35. The number of halogens is 1. The fraction of sp³-hybridized carbons (Fsp3) is 0.0833. The first-order valence-corrected chi connectivity index (χ1v) is 13.1. The van der Waals surface area contributed by atoms with E-state index in [0.29, 0.717) is 5.56 Å². The molecule has 33 heavy (non-hydrogen) atoms. The average molecular weight is 591 g/mol. The molecule has 0 atom stereocenters. The Balaban J connectivity index is 1.52. The molecule has 1 saturated heterocycles. The fourth-order valence-corrected chi connectivity index (χ4v) is 5.22. The number of hydrogen-bond acceptors (Lipinski definition) is 6. The molecule has 2 amide bonds. The summed E-state index contributed by atoms with van der Waals surface area (Å²) in [6.45, 7) is 2.06. The number of benzene rings is 3. The van der Waals surface area contributed by atoms with Gasteiger partial charge in [-0.05, 0) is 94.9 Å². The van der Waals surface area contributed by atoms with Crippen molar-refractivity contribution in [3.8, 4) is 5.75 Å². The van der Waals surface area contributed by atoms with Crippen LogP contribution >= 0.6 is 34.4 Å². The van der Waals surface area contributed by atoms with E-state index in [0.717, 1.165) is 26.5 Å². The van der Waals surface area contributed by atoms with E-state index >= 15 is 0 Å². The van der Waals surface area contributed by atoms with Gasteiger partial charge in [-0.1, -0.05) is 42.0 Å². The van der Waals surface area contributed by atoms with Gasteiger partial charge < -0.3 is 4.18 Å². The topological polar surface area (TPSA) is 80.8 Å². The lowest BCUT2D eigenvalue weighted by Gasteiger charge is -2.12. The number of imide groups is 1. The molecule has 3 aromatic carbocycles. The molecule has 3 aromatic rings. The quantitative estimate of drug-likeness (QED) is 0.211. The van der Waals surface area contributed by atoms with Crippen molar-refractivity contribution in [3.63, 3.8) is 0 Å². The molecule has 9 heteroatoms. The fourth-order valence-electron chi connectivity index (χ4n) is 3.10. The highest BCUT2D eigenvalue weighted by atomic mass is 127. The van der Waals surface area contributed by atoms with Gasteiger partial charge in [0.05, 0.1) is 11.4 Å². The first-order chi connectivity index (χ1) is 15.7. The number of carbonyl (C=O) groups is 2. The van der Waals surface area contributed by atoms with Gasteiger partial charge in [-0.2, -0.15) is 8.42 Å². The second kappa shape index (κ2) is 9.70. The van der Waals surface area contributed by atoms with Crippen LogP contribution in [-0.2, 0) is 21.5 Å². The lowest BCUT2D eigenvalue weighted by Crippen LogP contribution is -2.27. The summed E-state index contributed by atoms with van der Waals surface area (Å²) >= 11 is 3.05. The molecule has 1 fully saturated rings. The van der Waals surface area contributed by atoms with Gasteiger partial charge >= 0.3 is 10.1 Å². The van der Waals surface area contributed by atoms with Crippen molar-refractivity contribution < 1.29 is 22.2 Å². The van der Waals surface area contributed by atoms with E-state index in [2.05, 4.69) is 22.6 Å². The number of aryl methyl sites for hydroxylation is 1. The lowest BCUT2D eigenvalue weighted by atomic mass is 10.2. The average Bonchev–Trinajstić information content (AvgIpc) is 3.03. The molecule has 6 nitrogen and oxygen atoms in total. The smallest absolute Gasteiger partial charge is 0.339 e. The van der Waals surface area contributed by atoms with Crippen LogP contribution < -0.4 is 4.18 Å². The lowest BCUT2D eigenvalue weighted by molar-refractivity contribution is -0.123. The number of thioether (sulfide) groups is 1. The summed E-state index contributed by atoms with van der Waals surface area (Å²) in [5.41, 5.74) is 2.34. The van der Waals surface area contributed by atoms with Crippen molar-refractivity contribution in [2.24, 2.45) is 0 Å². The van der Waals surface area contributed by atoms with Gasteiger partial charge in [0.15, 0.2) is 0 Å². The van der Waals surface area contributed by atoms with Crippen molar-refractivity contribution in [2.45, 2.75) is 18.4 Å². The van der Waals surface area contributed by atoms with Crippen LogP contribution in [0.4, 0.5) is 4.79 Å². The molecule has 0 spiro atoms. The number of hydrogen-bond donors (Lipinski definition) is 0. The summed E-state index contributed by atoms with van der Waals surface area (Å²) in [6, 6.07) is 20.3. The maximum atomic E-state index is 12.8. The van der Waals surface area contributed by atoms with Crippen LogP contribution in [-0.4, -0.2) is 24.5 Å². The molecule has 0 radical (unpaired) electrons. The molecule has 1 aliphatic heterocycles. The predicted molar refractivity (Wildman–Crippen MR) is 136 cm³/mol. The van der Waals surface area contributed by atoms with Crippen molar-refractivity contribution in [1.82, 2.24) is 4.90 Å². The zero-order valence-electron chi connectivity index (χ0n) is 17.4. The van der Waals surface area contributed by atoms with Gasteiger partial charge in [-0.25, -0.2) is 0 Å². The van der Waals surface area contributed by atoms with E-state index in [1.807, 2.05) is 31.2 Å². The minimum Gasteiger partial charge on any atom is -0.379 e. The van der Waals surface area contributed by atoms with Crippen molar-refractivity contribution in [1.29, 1.82) is 0 Å². The molecular weight excluding hydrogens is 573 g/mol. The van der Waals surface area contributed by atoms with Crippen molar-refractivity contribution in [3.05, 3.63) is 98.0 Å². The molecule has 168 valence electrons. The van der Waals surface area contributed by atoms with E-state index in [1.54, 1.807) is 30.3 Å². The molecule has 0 aliphatic carbocycles. The van der Waals surface area contributed by atoms with Gasteiger partial charge in [-0.15, -0.1) is 0 Å². The van der Waals surface area contributed by atoms with Gasteiger partial charge in [0, 0.05) is 3.57 Å². The summed E-state index contributed by atoms with van der Waals surface area (Å²) in [7, 11) is -4.00. The molecule has 0 N–H and O–H groups in total. The Hall–Kier alpha value is -2.63. The molecular formula is C24H18INO5S2. The zero-order valence-corrected chi connectivity index (χ0v) is 21.2. The summed E-state index contributed by atoms with van der Waals surface area (Å²) in [5, 5.41) is -0.348. The molecule has 0 saturated carbocycles. The first-order valence-electron chi connectivity index (χ1n) is 9.82. The van der Waals surface area contributed by atoms with Crippen LogP contribution in [0, 0.1) is 10.5 Å². The van der Waals surface area contributed by atoms with Crippen LogP contribution in [0.3, 0.4) is 0 Å². The van der Waals surface area contributed by atoms with Crippen LogP contribution in [0.15, 0.2) is 82.6 Å². The highest BCUT2D eigenvalue weighted by Crippen LogP contribution is 2.34. The molecule has 4 rings (SSSR count). The Kier molecular flexibility index (Phi) is 6.91. The molecule has 1 aliphatic rings. The summed E-state index contributed by atoms with van der Waals surface area (Å²) in [5.74, 6) is -0.274. The Morgan fingerprint density at radius 1 is 1.00 bits per heavy atom. The van der Waals surface area contributed by atoms with Crippen molar-refractivity contribution >= 4 is 61.7 Å². The maximum absolute atomic E-state index is 12.8. The number of rotatable bonds is 6. The molecule has 1 heterocycles. The van der Waals surface area contributed by atoms with Gasteiger partial charge in [0.2, 0.25) is 0 Å². The molecule has 0 aromatic heterocycles. The summed E-state index contributed by atoms with van der Waals surface area (Å²) in [6.07, 6.45) is 1.56. The Bertz CT molecular complexity index is 1350. The molecule has 0 unspecified atom stereocenters.